The molecule has 0 saturated heterocycles. The van der Waals surface area contributed by atoms with Crippen LogP contribution in [0.4, 0.5) is 0 Å². The van der Waals surface area contributed by atoms with E-state index >= 15 is 0 Å². The third-order valence-corrected chi connectivity index (χ3v) is 2.67. The van der Waals surface area contributed by atoms with Crippen molar-refractivity contribution in [1.29, 1.82) is 0 Å². The average molecular weight is 314 g/mol. The monoisotopic (exact) mass is 314 g/mol. The summed E-state index contributed by atoms with van der Waals surface area (Å²) in [6, 6.07) is 0. The van der Waals surface area contributed by atoms with Gasteiger partial charge in [0.25, 0.3) is 0 Å². The fourth-order valence-corrected chi connectivity index (χ4v) is 1.55. The van der Waals surface area contributed by atoms with Gasteiger partial charge in [-0.3, -0.25) is 4.89 Å². The molecule has 0 aromatic heterocycles. The zero-order valence-electron chi connectivity index (χ0n) is 15.7. The molecule has 0 spiro atoms. The summed E-state index contributed by atoms with van der Waals surface area (Å²) in [6.07, 6.45) is 4.14. The molecule has 0 aromatic rings. The van der Waals surface area contributed by atoms with Crippen molar-refractivity contribution in [3.8, 4) is 0 Å². The van der Waals surface area contributed by atoms with E-state index in [1.807, 2.05) is 41.5 Å². The van der Waals surface area contributed by atoms with Gasteiger partial charge < -0.3 is 0 Å². The maximum absolute atomic E-state index is 11.5. The lowest BCUT2D eigenvalue weighted by molar-refractivity contribution is -0.320. The van der Waals surface area contributed by atoms with Crippen LogP contribution < -0.4 is 0 Å². The van der Waals surface area contributed by atoms with E-state index in [-0.39, 0.29) is 17.0 Å². The number of rotatable bonds is 8. The molecule has 0 amide bonds. The molecule has 5 nitrogen and oxygen atoms in total. The minimum Gasteiger partial charge on any atom is -0.298 e. The molecule has 0 aromatic carbocycles. The van der Waals surface area contributed by atoms with Gasteiger partial charge in [0.1, 0.15) is 5.60 Å². The Morgan fingerprint density at radius 2 is 1.45 bits per heavy atom. The van der Waals surface area contributed by atoms with Gasteiger partial charge >= 0.3 is 5.97 Å². The van der Waals surface area contributed by atoms with Gasteiger partial charge in [-0.25, -0.2) is 4.79 Å². The molecule has 0 rings (SSSR count). The zero-order chi connectivity index (χ0) is 17.4. The Hall–Kier alpha value is -0.970. The van der Waals surface area contributed by atoms with Crippen LogP contribution >= 0.6 is 0 Å². The Kier molecular flexibility index (Phi) is 8.23. The molecule has 0 aliphatic heterocycles. The lowest BCUT2D eigenvalue weighted by Gasteiger charge is -2.20. The van der Waals surface area contributed by atoms with Crippen molar-refractivity contribution in [2.45, 2.75) is 104 Å². The van der Waals surface area contributed by atoms with E-state index < -0.39 is 5.60 Å². The van der Waals surface area contributed by atoms with E-state index in [0.29, 0.717) is 6.42 Å². The van der Waals surface area contributed by atoms with Crippen molar-refractivity contribution < 1.29 is 14.6 Å². The second-order valence-electron chi connectivity index (χ2n) is 8.39. The van der Waals surface area contributed by atoms with Crippen molar-refractivity contribution in [2.24, 2.45) is 10.2 Å². The van der Waals surface area contributed by atoms with E-state index in [2.05, 4.69) is 24.1 Å². The highest BCUT2D eigenvalue weighted by Crippen LogP contribution is 2.21. The van der Waals surface area contributed by atoms with E-state index in [9.17, 15) is 4.79 Å². The number of carbonyl (C=O) groups is 1. The molecule has 0 N–H and O–H groups in total. The maximum atomic E-state index is 11.5. The van der Waals surface area contributed by atoms with Gasteiger partial charge in [0.15, 0.2) is 0 Å². The largest absolute Gasteiger partial charge is 0.342 e. The molecule has 130 valence electrons. The molecule has 0 radical (unpaired) electrons. The Morgan fingerprint density at radius 1 is 0.864 bits per heavy atom. The number of hydrogen-bond donors (Lipinski definition) is 0. The third kappa shape index (κ3) is 14.0. The number of carbonyl (C=O) groups excluding carboxylic acids is 1. The molecular weight excluding hydrogens is 280 g/mol. The van der Waals surface area contributed by atoms with Gasteiger partial charge in [-0.1, -0.05) is 12.8 Å². The predicted molar refractivity (Wildman–Crippen MR) is 88.7 cm³/mol. The minimum atomic E-state index is -0.461. The molecule has 0 heterocycles. The summed E-state index contributed by atoms with van der Waals surface area (Å²) >= 11 is 0. The van der Waals surface area contributed by atoms with Crippen LogP contribution in [-0.2, 0) is 14.6 Å². The van der Waals surface area contributed by atoms with Crippen LogP contribution in [0.1, 0.15) is 87.5 Å². The number of nitrogens with zero attached hydrogens (tertiary/aromatic N) is 2. The van der Waals surface area contributed by atoms with E-state index in [4.69, 9.17) is 9.78 Å². The Morgan fingerprint density at radius 3 is 1.95 bits per heavy atom. The molecule has 0 aliphatic rings. The Bertz CT molecular complexity index is 363. The van der Waals surface area contributed by atoms with Crippen LogP contribution in [0.15, 0.2) is 10.2 Å². The summed E-state index contributed by atoms with van der Waals surface area (Å²) in [4.78, 5) is 21.2. The van der Waals surface area contributed by atoms with Gasteiger partial charge in [0.05, 0.1) is 11.1 Å². The molecule has 0 bridgehead atoms. The first-order valence-corrected chi connectivity index (χ1v) is 8.13. The molecule has 5 heteroatoms. The normalized spacial score (nSPS) is 13.6. The quantitative estimate of drug-likeness (QED) is 0.266. The van der Waals surface area contributed by atoms with Crippen LogP contribution in [0, 0.1) is 0 Å². The van der Waals surface area contributed by atoms with Crippen LogP contribution in [-0.4, -0.2) is 22.6 Å². The van der Waals surface area contributed by atoms with Gasteiger partial charge in [-0.05, 0) is 68.2 Å². The molecule has 0 fully saturated rings. The first-order valence-electron chi connectivity index (χ1n) is 8.13. The molecular formula is C17H34N2O3. The maximum Gasteiger partial charge on any atom is 0.342 e. The molecule has 22 heavy (non-hydrogen) atoms. The smallest absolute Gasteiger partial charge is 0.298 e. The lowest BCUT2D eigenvalue weighted by atomic mass is 9.97. The van der Waals surface area contributed by atoms with Crippen molar-refractivity contribution in [3.63, 3.8) is 0 Å². The van der Waals surface area contributed by atoms with Gasteiger partial charge in [-0.15, -0.1) is 0 Å². The van der Waals surface area contributed by atoms with E-state index in [1.165, 1.54) is 0 Å². The third-order valence-electron chi connectivity index (χ3n) is 2.67. The summed E-state index contributed by atoms with van der Waals surface area (Å²) < 4.78 is 0. The highest BCUT2D eigenvalue weighted by atomic mass is 17.2. The molecule has 0 aliphatic carbocycles. The zero-order valence-corrected chi connectivity index (χ0v) is 15.7. The molecule has 0 unspecified atom stereocenters. The lowest BCUT2D eigenvalue weighted by Crippen LogP contribution is -2.21. The van der Waals surface area contributed by atoms with Crippen molar-refractivity contribution in [3.05, 3.63) is 0 Å². The minimum absolute atomic E-state index is 0.131. The fourth-order valence-electron chi connectivity index (χ4n) is 1.55. The standard InChI is InChI=1S/C17H34N2O3/c1-15(2,3)18-19-17(7,8)13-11-9-10-12-14(20)21-22-16(4,5)6/h9-13H2,1-8H3. The van der Waals surface area contributed by atoms with E-state index in [1.54, 1.807) is 0 Å². The van der Waals surface area contributed by atoms with Crippen LogP contribution in [0.5, 0.6) is 0 Å². The second-order valence-corrected chi connectivity index (χ2v) is 8.39. The number of hydrogen-bond acceptors (Lipinski definition) is 5. The molecule has 0 saturated carbocycles. The SMILES string of the molecule is CC(C)(C)N=NC(C)(C)CCCCCC(=O)OOC(C)(C)C. The fraction of sp³-hybridized carbons (Fsp3) is 0.941. The van der Waals surface area contributed by atoms with Crippen molar-refractivity contribution >= 4 is 5.97 Å². The van der Waals surface area contributed by atoms with Crippen LogP contribution in [0.3, 0.4) is 0 Å². The summed E-state index contributed by atoms with van der Waals surface area (Å²) in [5.41, 5.74) is -0.741. The van der Waals surface area contributed by atoms with Crippen LogP contribution in [0.2, 0.25) is 0 Å². The topological polar surface area (TPSA) is 60.2 Å². The van der Waals surface area contributed by atoms with Gasteiger partial charge in [-0.2, -0.15) is 15.1 Å². The van der Waals surface area contributed by atoms with E-state index in [0.717, 1.165) is 25.7 Å². The average Bonchev–Trinajstić information content (AvgIpc) is 2.32. The summed E-state index contributed by atoms with van der Waals surface area (Å²) in [6.45, 7) is 15.8. The summed E-state index contributed by atoms with van der Waals surface area (Å²) in [7, 11) is 0. The highest BCUT2D eigenvalue weighted by molar-refractivity contribution is 5.68. The predicted octanol–water partition coefficient (Wildman–Crippen LogP) is 5.24. The highest BCUT2D eigenvalue weighted by Gasteiger charge is 2.18. The molecule has 0 atom stereocenters. The number of unbranched alkanes of at least 4 members (excludes halogenated alkanes) is 2. The Labute approximate surface area is 135 Å². The van der Waals surface area contributed by atoms with Crippen LogP contribution in [0.25, 0.3) is 0 Å². The number of azo groups is 1. The Balaban J connectivity index is 3.85. The summed E-state index contributed by atoms with van der Waals surface area (Å²) in [5.74, 6) is -0.304. The first-order chi connectivity index (χ1) is 9.81. The van der Waals surface area contributed by atoms with Gasteiger partial charge in [0.2, 0.25) is 0 Å². The van der Waals surface area contributed by atoms with Gasteiger partial charge in [0, 0.05) is 6.42 Å². The van der Waals surface area contributed by atoms with Crippen molar-refractivity contribution in [1.82, 2.24) is 0 Å². The summed E-state index contributed by atoms with van der Waals surface area (Å²) in [5, 5.41) is 8.77. The first kappa shape index (κ1) is 21.0. The second kappa shape index (κ2) is 8.61. The van der Waals surface area contributed by atoms with Crippen molar-refractivity contribution in [2.75, 3.05) is 0 Å².